The van der Waals surface area contributed by atoms with E-state index < -0.39 is 5.91 Å². The molecule has 0 saturated heterocycles. The SMILES string of the molecule is O=C(Nc1cc(Cl)c(O)c(Cl)c1)c1cc(Cl)cc(Cl)c1. The normalized spacial score (nSPS) is 10.4. The molecule has 0 radical (unpaired) electrons. The highest BCUT2D eigenvalue weighted by Crippen LogP contribution is 2.34. The van der Waals surface area contributed by atoms with Crippen molar-refractivity contribution in [2.24, 2.45) is 0 Å². The van der Waals surface area contributed by atoms with Crippen molar-refractivity contribution in [2.45, 2.75) is 0 Å². The third-order valence-corrected chi connectivity index (χ3v) is 3.41. The lowest BCUT2D eigenvalue weighted by Gasteiger charge is -2.08. The summed E-state index contributed by atoms with van der Waals surface area (Å²) in [4.78, 5) is 12.0. The number of phenols is 1. The van der Waals surface area contributed by atoms with Crippen LogP contribution in [0.5, 0.6) is 5.75 Å². The first-order valence-corrected chi connectivity index (χ1v) is 6.83. The first-order valence-electron chi connectivity index (χ1n) is 5.32. The summed E-state index contributed by atoms with van der Waals surface area (Å²) in [6.45, 7) is 0. The Labute approximate surface area is 135 Å². The van der Waals surface area contributed by atoms with Gasteiger partial charge in [0.15, 0.2) is 5.75 Å². The second-order valence-corrected chi connectivity index (χ2v) is 5.59. The van der Waals surface area contributed by atoms with Gasteiger partial charge in [0.2, 0.25) is 0 Å². The second kappa shape index (κ2) is 6.10. The number of benzene rings is 2. The van der Waals surface area contributed by atoms with Crippen LogP contribution in [0.3, 0.4) is 0 Å². The second-order valence-electron chi connectivity index (χ2n) is 3.90. The molecule has 2 rings (SSSR count). The third-order valence-electron chi connectivity index (χ3n) is 2.40. The van der Waals surface area contributed by atoms with Crippen molar-refractivity contribution in [3.05, 3.63) is 56.0 Å². The first kappa shape index (κ1) is 15.3. The lowest BCUT2D eigenvalue weighted by Crippen LogP contribution is -2.11. The molecule has 3 nitrogen and oxygen atoms in total. The molecular weight excluding hydrogens is 344 g/mol. The summed E-state index contributed by atoms with van der Waals surface area (Å²) in [6, 6.07) is 7.24. The molecule has 2 N–H and O–H groups in total. The molecule has 104 valence electrons. The summed E-state index contributed by atoms with van der Waals surface area (Å²) < 4.78 is 0. The minimum Gasteiger partial charge on any atom is -0.505 e. The Hall–Kier alpha value is -1.13. The van der Waals surface area contributed by atoms with Crippen LogP contribution in [-0.2, 0) is 0 Å². The van der Waals surface area contributed by atoms with Crippen LogP contribution in [0.2, 0.25) is 20.1 Å². The van der Waals surface area contributed by atoms with Crippen LogP contribution in [0.15, 0.2) is 30.3 Å². The molecule has 20 heavy (non-hydrogen) atoms. The van der Waals surface area contributed by atoms with Gasteiger partial charge in [-0.05, 0) is 30.3 Å². The van der Waals surface area contributed by atoms with Gasteiger partial charge in [0, 0.05) is 21.3 Å². The number of rotatable bonds is 2. The maximum Gasteiger partial charge on any atom is 0.255 e. The van der Waals surface area contributed by atoms with Gasteiger partial charge in [-0.2, -0.15) is 0 Å². The molecule has 1 amide bonds. The molecule has 0 aliphatic rings. The van der Waals surface area contributed by atoms with Crippen LogP contribution in [0.1, 0.15) is 10.4 Å². The molecule has 2 aromatic carbocycles. The molecule has 0 aromatic heterocycles. The zero-order valence-corrected chi connectivity index (χ0v) is 12.8. The molecule has 0 aliphatic heterocycles. The number of amides is 1. The highest BCUT2D eigenvalue weighted by atomic mass is 35.5. The van der Waals surface area contributed by atoms with Gasteiger partial charge in [-0.25, -0.2) is 0 Å². The van der Waals surface area contributed by atoms with Crippen LogP contribution < -0.4 is 5.32 Å². The van der Waals surface area contributed by atoms with Gasteiger partial charge in [0.25, 0.3) is 5.91 Å². The Bertz CT molecular complexity index is 645. The minimum absolute atomic E-state index is 0.0388. The van der Waals surface area contributed by atoms with Crippen LogP contribution in [0.4, 0.5) is 5.69 Å². The Morgan fingerprint density at radius 1 is 0.900 bits per heavy atom. The van der Waals surface area contributed by atoms with E-state index >= 15 is 0 Å². The zero-order chi connectivity index (χ0) is 14.9. The molecule has 0 heterocycles. The Kier molecular flexibility index (Phi) is 4.66. The molecule has 0 bridgehead atoms. The fourth-order valence-corrected chi connectivity index (χ4v) is 2.54. The van der Waals surface area contributed by atoms with Crippen LogP contribution in [-0.4, -0.2) is 11.0 Å². The maximum atomic E-state index is 12.0. The largest absolute Gasteiger partial charge is 0.505 e. The van der Waals surface area contributed by atoms with E-state index in [1.807, 2.05) is 0 Å². The van der Waals surface area contributed by atoms with E-state index in [0.717, 1.165) is 0 Å². The summed E-state index contributed by atoms with van der Waals surface area (Å²) >= 11 is 23.2. The quantitative estimate of drug-likeness (QED) is 0.726. The van der Waals surface area contributed by atoms with Gasteiger partial charge in [0.1, 0.15) is 0 Å². The average Bonchev–Trinajstić information content (AvgIpc) is 2.34. The highest BCUT2D eigenvalue weighted by Gasteiger charge is 2.11. The van der Waals surface area contributed by atoms with E-state index in [1.54, 1.807) is 0 Å². The average molecular weight is 351 g/mol. The summed E-state index contributed by atoms with van der Waals surface area (Å²) in [5.74, 6) is -0.663. The van der Waals surface area contributed by atoms with E-state index in [9.17, 15) is 9.90 Å². The Morgan fingerprint density at radius 3 is 1.90 bits per heavy atom. The van der Waals surface area contributed by atoms with E-state index in [2.05, 4.69) is 5.32 Å². The lowest BCUT2D eigenvalue weighted by atomic mass is 10.2. The number of anilines is 1. The van der Waals surface area contributed by atoms with Crippen LogP contribution >= 0.6 is 46.4 Å². The van der Waals surface area contributed by atoms with E-state index in [-0.39, 0.29) is 15.8 Å². The number of carbonyl (C=O) groups is 1. The molecule has 7 heteroatoms. The van der Waals surface area contributed by atoms with E-state index in [4.69, 9.17) is 46.4 Å². The summed E-state index contributed by atoms with van der Waals surface area (Å²) in [5.41, 5.74) is 0.640. The van der Waals surface area contributed by atoms with Crippen molar-refractivity contribution in [1.29, 1.82) is 0 Å². The zero-order valence-electron chi connectivity index (χ0n) is 9.75. The van der Waals surface area contributed by atoms with Gasteiger partial charge < -0.3 is 10.4 Å². The fraction of sp³-hybridized carbons (Fsp3) is 0. The van der Waals surface area contributed by atoms with Crippen molar-refractivity contribution < 1.29 is 9.90 Å². The molecule has 0 saturated carbocycles. The summed E-state index contributed by atoms with van der Waals surface area (Å²) in [5, 5.41) is 12.8. The van der Waals surface area contributed by atoms with Gasteiger partial charge in [0.05, 0.1) is 10.0 Å². The molecular formula is C13H7Cl4NO2. The van der Waals surface area contributed by atoms with Gasteiger partial charge in [-0.1, -0.05) is 46.4 Å². The van der Waals surface area contributed by atoms with Crippen LogP contribution in [0, 0.1) is 0 Å². The number of halogens is 4. The fourth-order valence-electron chi connectivity index (χ4n) is 1.53. The number of aromatic hydroxyl groups is 1. The van der Waals surface area contributed by atoms with Gasteiger partial charge in [-0.15, -0.1) is 0 Å². The standard InChI is InChI=1S/C13H7Cl4NO2/c14-7-1-6(2-8(15)3-7)13(20)18-9-4-10(16)12(19)11(17)5-9/h1-5,19H,(H,18,20). The van der Waals surface area contributed by atoms with Crippen molar-refractivity contribution in [3.63, 3.8) is 0 Å². The van der Waals surface area contributed by atoms with E-state index in [0.29, 0.717) is 21.3 Å². The van der Waals surface area contributed by atoms with Crippen molar-refractivity contribution >= 4 is 58.0 Å². The summed E-state index contributed by atoms with van der Waals surface area (Å²) in [6.07, 6.45) is 0. The Balaban J connectivity index is 2.28. The third kappa shape index (κ3) is 3.49. The van der Waals surface area contributed by atoms with Crippen molar-refractivity contribution in [3.8, 4) is 5.75 Å². The predicted octanol–water partition coefficient (Wildman–Crippen LogP) is 5.26. The number of phenolic OH excluding ortho intramolecular Hbond substituents is 1. The number of hydrogen-bond donors (Lipinski definition) is 2. The topological polar surface area (TPSA) is 49.3 Å². The van der Waals surface area contributed by atoms with Gasteiger partial charge in [-0.3, -0.25) is 4.79 Å². The first-order chi connectivity index (χ1) is 9.36. The summed E-state index contributed by atoms with van der Waals surface area (Å²) in [7, 11) is 0. The molecule has 0 unspecified atom stereocenters. The van der Waals surface area contributed by atoms with Crippen molar-refractivity contribution in [1.82, 2.24) is 0 Å². The van der Waals surface area contributed by atoms with Crippen LogP contribution in [0.25, 0.3) is 0 Å². The van der Waals surface area contributed by atoms with Crippen molar-refractivity contribution in [2.75, 3.05) is 5.32 Å². The van der Waals surface area contributed by atoms with E-state index in [1.165, 1.54) is 30.3 Å². The molecule has 0 fully saturated rings. The molecule has 2 aromatic rings. The monoisotopic (exact) mass is 349 g/mol. The minimum atomic E-state index is -0.424. The molecule has 0 aliphatic carbocycles. The predicted molar refractivity (Wildman–Crippen MR) is 82.5 cm³/mol. The smallest absolute Gasteiger partial charge is 0.255 e. The lowest BCUT2D eigenvalue weighted by molar-refractivity contribution is 0.102. The molecule has 0 spiro atoms. The number of nitrogens with one attached hydrogen (secondary N) is 1. The number of hydrogen-bond acceptors (Lipinski definition) is 2. The number of carbonyl (C=O) groups excluding carboxylic acids is 1. The Morgan fingerprint density at radius 2 is 1.40 bits per heavy atom. The van der Waals surface area contributed by atoms with Gasteiger partial charge >= 0.3 is 0 Å². The molecule has 0 atom stereocenters. The maximum absolute atomic E-state index is 12.0. The highest BCUT2D eigenvalue weighted by molar-refractivity contribution is 6.38.